The third-order valence-corrected chi connectivity index (χ3v) is 7.19. The molecule has 0 saturated carbocycles. The molecule has 38 heavy (non-hydrogen) atoms. The van der Waals surface area contributed by atoms with Crippen LogP contribution < -0.4 is 14.9 Å². The summed E-state index contributed by atoms with van der Waals surface area (Å²) in [6.07, 6.45) is 4.68. The van der Waals surface area contributed by atoms with Crippen molar-refractivity contribution in [3.63, 3.8) is 0 Å². The number of nitro benzene ring substituents is 1. The first-order valence-corrected chi connectivity index (χ1v) is 13.9. The Hall–Kier alpha value is -4.29. The second-order valence-corrected chi connectivity index (χ2v) is 11.1. The quantitative estimate of drug-likeness (QED) is 0.195. The Labute approximate surface area is 225 Å². The van der Waals surface area contributed by atoms with Crippen molar-refractivity contribution in [3.8, 4) is 5.69 Å². The van der Waals surface area contributed by atoms with E-state index in [2.05, 4.69) is 15.0 Å². The van der Waals surface area contributed by atoms with Crippen LogP contribution in [0.5, 0.6) is 0 Å². The number of benzene rings is 2. The van der Waals surface area contributed by atoms with E-state index >= 15 is 0 Å². The van der Waals surface area contributed by atoms with Crippen molar-refractivity contribution in [2.24, 2.45) is 0 Å². The monoisotopic (exact) mass is 548 g/mol. The molecule has 3 heterocycles. The number of hydrogen-bond acceptors (Lipinski definition) is 6. The van der Waals surface area contributed by atoms with Gasteiger partial charge in [-0.15, -0.1) is 0 Å². The number of sulfonamides is 1. The van der Waals surface area contributed by atoms with Gasteiger partial charge < -0.3 is 14.8 Å². The molecule has 2 aromatic heterocycles. The molecule has 0 bridgehead atoms. The summed E-state index contributed by atoms with van der Waals surface area (Å²) in [5.41, 5.74) is 4.21. The molecular formula is C26H24N6O4S2. The summed E-state index contributed by atoms with van der Waals surface area (Å²) in [6.45, 7) is 1.82. The molecule has 0 unspecified atom stereocenters. The smallest absolute Gasteiger partial charge is 0.271 e. The third-order valence-electron chi connectivity index (χ3n) is 6.28. The average molecular weight is 549 g/mol. The summed E-state index contributed by atoms with van der Waals surface area (Å²) >= 11 is 5.81. The summed E-state index contributed by atoms with van der Waals surface area (Å²) in [7, 11) is -3.44. The molecule has 0 amide bonds. The van der Waals surface area contributed by atoms with Crippen LogP contribution in [0, 0.1) is 17.0 Å². The van der Waals surface area contributed by atoms with Crippen molar-refractivity contribution in [3.05, 3.63) is 112 Å². The number of rotatable bonds is 7. The summed E-state index contributed by atoms with van der Waals surface area (Å²) in [4.78, 5) is 17.6. The first kappa shape index (κ1) is 25.4. The van der Waals surface area contributed by atoms with Crippen molar-refractivity contribution >= 4 is 44.4 Å². The maximum Gasteiger partial charge on any atom is 0.271 e. The Bertz CT molecular complexity index is 1640. The lowest BCUT2D eigenvalue weighted by molar-refractivity contribution is -0.384. The maximum absolute atomic E-state index is 11.8. The van der Waals surface area contributed by atoms with Gasteiger partial charge in [0.05, 0.1) is 34.3 Å². The van der Waals surface area contributed by atoms with Gasteiger partial charge in [-0.2, -0.15) is 0 Å². The fourth-order valence-corrected chi connectivity index (χ4v) is 5.65. The average Bonchev–Trinajstić information content (AvgIpc) is 3.49. The molecule has 4 aromatic rings. The number of non-ortho nitro benzene ring substituents is 1. The molecule has 0 radical (unpaired) electrons. The van der Waals surface area contributed by atoms with Crippen LogP contribution in [0.3, 0.4) is 0 Å². The zero-order valence-corrected chi connectivity index (χ0v) is 22.1. The molecule has 194 valence electrons. The summed E-state index contributed by atoms with van der Waals surface area (Å²) in [5, 5.41) is 15.3. The zero-order valence-electron chi connectivity index (χ0n) is 20.5. The van der Waals surface area contributed by atoms with Gasteiger partial charge >= 0.3 is 0 Å². The standard InChI is InChI=1S/C26H24N6O4S2/c1-17-15-19(11-12-21(17)29-38(2,35)36)31-25(24(28-26(31)37)22-9-3-4-13-27-22)23-10-6-14-30(23)18-7-5-8-20(16-18)32(33)34/h3-16,24-25,29H,1-2H3,(H,28,37)/t24-,25+/m1/s1. The molecule has 2 N–H and O–H groups in total. The van der Waals surface area contributed by atoms with E-state index in [4.69, 9.17) is 12.2 Å². The van der Waals surface area contributed by atoms with Crippen molar-refractivity contribution < 1.29 is 13.3 Å². The van der Waals surface area contributed by atoms with E-state index in [1.807, 2.05) is 71.1 Å². The highest BCUT2D eigenvalue weighted by Crippen LogP contribution is 2.43. The first-order chi connectivity index (χ1) is 18.1. The normalized spacial score (nSPS) is 17.3. The zero-order chi connectivity index (χ0) is 27.0. The number of thiocarbonyl (C=S) groups is 1. The number of aromatic nitrogens is 2. The molecule has 12 heteroatoms. The minimum Gasteiger partial charge on any atom is -0.351 e. The minimum absolute atomic E-state index is 0.00931. The van der Waals surface area contributed by atoms with Crippen LogP contribution in [0.1, 0.15) is 29.0 Å². The van der Waals surface area contributed by atoms with E-state index in [0.29, 0.717) is 16.5 Å². The maximum atomic E-state index is 11.8. The SMILES string of the molecule is Cc1cc(N2C(=S)N[C@H](c3ccccn3)[C@@H]2c2cccn2-c2cccc([N+](=O)[O-])c2)ccc1NS(C)(=O)=O. The predicted octanol–water partition coefficient (Wildman–Crippen LogP) is 4.64. The highest BCUT2D eigenvalue weighted by atomic mass is 32.2. The molecule has 2 aromatic carbocycles. The fourth-order valence-electron chi connectivity index (χ4n) is 4.67. The van der Waals surface area contributed by atoms with Crippen molar-refractivity contribution in [1.82, 2.24) is 14.9 Å². The predicted molar refractivity (Wildman–Crippen MR) is 150 cm³/mol. The highest BCUT2D eigenvalue weighted by molar-refractivity contribution is 7.92. The van der Waals surface area contributed by atoms with Gasteiger partial charge in [-0.05, 0) is 73.2 Å². The second kappa shape index (κ2) is 9.88. The van der Waals surface area contributed by atoms with Gasteiger partial charge in [0.25, 0.3) is 5.69 Å². The molecule has 1 saturated heterocycles. The fraction of sp³-hybridized carbons (Fsp3) is 0.154. The van der Waals surface area contributed by atoms with E-state index < -0.39 is 14.9 Å². The molecule has 0 aliphatic carbocycles. The molecule has 1 aliphatic heterocycles. The van der Waals surface area contributed by atoms with Gasteiger partial charge in [-0.25, -0.2) is 8.42 Å². The third kappa shape index (κ3) is 4.95. The summed E-state index contributed by atoms with van der Waals surface area (Å²) < 4.78 is 28.0. The molecule has 5 rings (SSSR count). The van der Waals surface area contributed by atoms with Crippen LogP contribution in [0.4, 0.5) is 17.1 Å². The van der Waals surface area contributed by atoms with Gasteiger partial charge in [-0.1, -0.05) is 12.1 Å². The lowest BCUT2D eigenvalue weighted by atomic mass is 10.0. The van der Waals surface area contributed by atoms with Gasteiger partial charge in [0.15, 0.2) is 5.11 Å². The van der Waals surface area contributed by atoms with Crippen molar-refractivity contribution in [2.75, 3.05) is 15.9 Å². The number of nitro groups is 1. The molecule has 10 nitrogen and oxygen atoms in total. The van der Waals surface area contributed by atoms with Crippen LogP contribution in [-0.2, 0) is 10.0 Å². The van der Waals surface area contributed by atoms with Crippen LogP contribution in [0.15, 0.2) is 85.2 Å². The summed E-state index contributed by atoms with van der Waals surface area (Å²) in [5.74, 6) is 0. The van der Waals surface area contributed by atoms with Gasteiger partial charge in [0.2, 0.25) is 10.0 Å². The lowest BCUT2D eigenvalue weighted by Gasteiger charge is -2.29. The van der Waals surface area contributed by atoms with E-state index in [9.17, 15) is 18.5 Å². The second-order valence-electron chi connectivity index (χ2n) is 8.95. The molecule has 1 aliphatic rings. The van der Waals surface area contributed by atoms with Crippen LogP contribution >= 0.6 is 12.2 Å². The van der Waals surface area contributed by atoms with E-state index in [-0.39, 0.29) is 17.8 Å². The van der Waals surface area contributed by atoms with Gasteiger partial charge in [0.1, 0.15) is 6.04 Å². The van der Waals surface area contributed by atoms with E-state index in [0.717, 1.165) is 28.9 Å². The summed E-state index contributed by atoms with van der Waals surface area (Å²) in [6, 6.07) is 20.6. The number of pyridine rings is 1. The van der Waals surface area contributed by atoms with Crippen molar-refractivity contribution in [1.29, 1.82) is 0 Å². The number of aryl methyl sites for hydroxylation is 1. The lowest BCUT2D eigenvalue weighted by Crippen LogP contribution is -2.30. The Morgan fingerprint density at radius 2 is 1.87 bits per heavy atom. The van der Waals surface area contributed by atoms with Gasteiger partial charge in [-0.3, -0.25) is 19.8 Å². The Kier molecular flexibility index (Phi) is 6.59. The topological polar surface area (TPSA) is 122 Å². The Morgan fingerprint density at radius 3 is 2.55 bits per heavy atom. The first-order valence-electron chi connectivity index (χ1n) is 11.6. The number of hydrogen-bond donors (Lipinski definition) is 2. The Balaban J connectivity index is 1.64. The Morgan fingerprint density at radius 1 is 1.05 bits per heavy atom. The van der Waals surface area contributed by atoms with E-state index in [1.165, 1.54) is 12.1 Å². The molecule has 0 spiro atoms. The van der Waals surface area contributed by atoms with Crippen LogP contribution in [0.25, 0.3) is 5.69 Å². The van der Waals surface area contributed by atoms with Crippen LogP contribution in [-0.4, -0.2) is 34.3 Å². The highest BCUT2D eigenvalue weighted by Gasteiger charge is 2.42. The largest absolute Gasteiger partial charge is 0.351 e. The van der Waals surface area contributed by atoms with E-state index in [1.54, 1.807) is 18.3 Å². The number of anilines is 2. The molecular weight excluding hydrogens is 524 g/mol. The van der Waals surface area contributed by atoms with Crippen molar-refractivity contribution in [2.45, 2.75) is 19.0 Å². The molecule has 1 fully saturated rings. The minimum atomic E-state index is -3.44. The number of nitrogens with zero attached hydrogens (tertiary/aromatic N) is 4. The van der Waals surface area contributed by atoms with Crippen LogP contribution in [0.2, 0.25) is 0 Å². The molecule has 2 atom stereocenters. The number of nitrogens with one attached hydrogen (secondary N) is 2. The van der Waals surface area contributed by atoms with Gasteiger partial charge in [0, 0.05) is 35.9 Å².